The lowest BCUT2D eigenvalue weighted by Gasteiger charge is -2.13. The maximum Gasteiger partial charge on any atom is 0.262 e. The van der Waals surface area contributed by atoms with Gasteiger partial charge in [-0.2, -0.15) is 4.98 Å². The quantitative estimate of drug-likeness (QED) is 0.222. The lowest BCUT2D eigenvalue weighted by Crippen LogP contribution is -2.14. The van der Waals surface area contributed by atoms with Crippen molar-refractivity contribution in [3.8, 4) is 0 Å². The van der Waals surface area contributed by atoms with E-state index >= 15 is 0 Å². The van der Waals surface area contributed by atoms with Gasteiger partial charge in [0.1, 0.15) is 5.82 Å². The lowest BCUT2D eigenvalue weighted by atomic mass is 10.1. The molecule has 3 N–H and O–H groups in total. The number of hydrogen-bond acceptors (Lipinski definition) is 6. The third-order valence-corrected chi connectivity index (χ3v) is 8.17. The molecule has 1 aromatic heterocycles. The summed E-state index contributed by atoms with van der Waals surface area (Å²) in [5.41, 5.74) is 6.28. The van der Waals surface area contributed by atoms with Crippen LogP contribution in [0.2, 0.25) is 0 Å². The van der Waals surface area contributed by atoms with E-state index in [0.717, 1.165) is 46.2 Å². The van der Waals surface area contributed by atoms with E-state index in [-0.39, 0.29) is 0 Å². The van der Waals surface area contributed by atoms with Crippen molar-refractivity contribution in [1.29, 1.82) is 0 Å². The first-order valence-electron chi connectivity index (χ1n) is 12.5. The van der Waals surface area contributed by atoms with Crippen molar-refractivity contribution in [2.75, 3.05) is 15.4 Å². The Bertz CT molecular complexity index is 1770. The molecule has 0 saturated carbocycles. The van der Waals surface area contributed by atoms with Crippen LogP contribution in [-0.2, 0) is 22.9 Å². The van der Waals surface area contributed by atoms with Gasteiger partial charge >= 0.3 is 0 Å². The average Bonchev–Trinajstić information content (AvgIpc) is 3.32. The predicted molar refractivity (Wildman–Crippen MR) is 153 cm³/mol. The second-order valence-corrected chi connectivity index (χ2v) is 11.2. The van der Waals surface area contributed by atoms with E-state index in [0.29, 0.717) is 22.3 Å². The summed E-state index contributed by atoms with van der Waals surface area (Å²) in [6.45, 7) is 3.96. The van der Waals surface area contributed by atoms with Gasteiger partial charge in [0.05, 0.1) is 4.90 Å². The molecule has 0 amide bonds. The third-order valence-electron chi connectivity index (χ3n) is 6.70. The Hall–Kier alpha value is -4.43. The predicted octanol–water partition coefficient (Wildman–Crippen LogP) is 6.63. The summed E-state index contributed by atoms with van der Waals surface area (Å²) >= 11 is 0. The van der Waals surface area contributed by atoms with Crippen molar-refractivity contribution in [1.82, 2.24) is 9.97 Å². The van der Waals surface area contributed by atoms with Crippen molar-refractivity contribution in [2.45, 2.75) is 31.6 Å². The molecule has 8 heteroatoms. The summed E-state index contributed by atoms with van der Waals surface area (Å²) in [6.07, 6.45) is 1.59. The van der Waals surface area contributed by atoms with Gasteiger partial charge in [-0.15, -0.1) is 0 Å². The summed E-state index contributed by atoms with van der Waals surface area (Å²) in [4.78, 5) is 9.40. The molecule has 0 atom stereocenters. The molecule has 7 nitrogen and oxygen atoms in total. The van der Waals surface area contributed by atoms with Gasteiger partial charge in [0.15, 0.2) is 0 Å². The minimum Gasteiger partial charge on any atom is -0.340 e. The Morgan fingerprint density at radius 2 is 1.45 bits per heavy atom. The number of rotatable bonds is 7. The van der Waals surface area contributed by atoms with Crippen LogP contribution in [0, 0.1) is 13.8 Å². The molecule has 1 heterocycles. The molecule has 1 aliphatic rings. The second kappa shape index (κ2) is 9.46. The summed E-state index contributed by atoms with van der Waals surface area (Å²) in [6, 6.07) is 26.8. The van der Waals surface area contributed by atoms with E-state index in [9.17, 15) is 8.42 Å². The Morgan fingerprint density at radius 1 is 0.737 bits per heavy atom. The molecule has 0 unspecified atom stereocenters. The Kier molecular flexibility index (Phi) is 5.96. The van der Waals surface area contributed by atoms with Crippen LogP contribution in [0.1, 0.15) is 22.4 Å². The number of anilines is 5. The van der Waals surface area contributed by atoms with Crippen LogP contribution >= 0.6 is 0 Å². The minimum atomic E-state index is -3.73. The van der Waals surface area contributed by atoms with Crippen molar-refractivity contribution < 1.29 is 8.42 Å². The largest absolute Gasteiger partial charge is 0.340 e. The zero-order valence-corrected chi connectivity index (χ0v) is 21.9. The summed E-state index contributed by atoms with van der Waals surface area (Å²) in [7, 11) is -3.73. The van der Waals surface area contributed by atoms with Gasteiger partial charge in [-0.25, -0.2) is 13.4 Å². The van der Waals surface area contributed by atoms with Gasteiger partial charge in [0.25, 0.3) is 10.0 Å². The lowest BCUT2D eigenvalue weighted by molar-refractivity contribution is 0.600. The number of nitrogens with zero attached hydrogens (tertiary/aromatic N) is 2. The summed E-state index contributed by atoms with van der Waals surface area (Å²) in [5, 5.41) is 8.67. The first-order chi connectivity index (χ1) is 18.3. The molecule has 0 saturated heterocycles. The molecule has 6 rings (SSSR count). The van der Waals surface area contributed by atoms with E-state index < -0.39 is 10.0 Å². The molecule has 190 valence electrons. The normalized spacial score (nSPS) is 12.5. The van der Waals surface area contributed by atoms with Crippen LogP contribution in [0.25, 0.3) is 10.8 Å². The van der Waals surface area contributed by atoms with Crippen molar-refractivity contribution in [3.05, 3.63) is 107 Å². The van der Waals surface area contributed by atoms with Crippen LogP contribution in [0.4, 0.5) is 28.8 Å². The Morgan fingerprint density at radius 3 is 2.24 bits per heavy atom. The maximum absolute atomic E-state index is 13.3. The van der Waals surface area contributed by atoms with Gasteiger partial charge < -0.3 is 10.6 Å². The number of sulfonamides is 1. The molecule has 0 fully saturated rings. The van der Waals surface area contributed by atoms with Crippen LogP contribution in [0.5, 0.6) is 0 Å². The molecule has 1 aliphatic carbocycles. The molecule has 38 heavy (non-hydrogen) atoms. The third kappa shape index (κ3) is 4.78. The molecule has 5 aromatic rings. The topological polar surface area (TPSA) is 96.0 Å². The Balaban J connectivity index is 1.19. The number of benzene rings is 4. The molecular weight excluding hydrogens is 494 g/mol. The monoisotopic (exact) mass is 521 g/mol. The van der Waals surface area contributed by atoms with Crippen LogP contribution in [-0.4, -0.2) is 18.4 Å². The van der Waals surface area contributed by atoms with Gasteiger partial charge in [-0.3, -0.25) is 4.72 Å². The summed E-state index contributed by atoms with van der Waals surface area (Å²) in [5.74, 6) is 1.13. The van der Waals surface area contributed by atoms with Gasteiger partial charge in [-0.1, -0.05) is 42.0 Å². The van der Waals surface area contributed by atoms with Crippen LogP contribution in [0.3, 0.4) is 0 Å². The highest BCUT2D eigenvalue weighted by Gasteiger charge is 2.25. The molecule has 0 radical (unpaired) electrons. The first kappa shape index (κ1) is 23.9. The van der Waals surface area contributed by atoms with Crippen molar-refractivity contribution in [2.24, 2.45) is 0 Å². The first-order valence-corrected chi connectivity index (χ1v) is 14.0. The second-order valence-electron chi connectivity index (χ2n) is 9.57. The van der Waals surface area contributed by atoms with E-state index in [1.165, 1.54) is 11.1 Å². The van der Waals surface area contributed by atoms with Crippen molar-refractivity contribution >= 4 is 49.6 Å². The fraction of sp³-hybridized carbons (Fsp3) is 0.133. The average molecular weight is 522 g/mol. The number of nitrogens with one attached hydrogen (secondary N) is 3. The van der Waals surface area contributed by atoms with E-state index in [1.807, 2.05) is 62.4 Å². The molecular formula is C30H27N5O2S. The number of aromatic nitrogens is 2. The Labute approximate surface area is 222 Å². The number of hydrogen-bond donors (Lipinski definition) is 3. The highest BCUT2D eigenvalue weighted by molar-refractivity contribution is 7.92. The van der Waals surface area contributed by atoms with Gasteiger partial charge in [-0.05, 0) is 91.1 Å². The van der Waals surface area contributed by atoms with Crippen LogP contribution < -0.4 is 15.4 Å². The highest BCUT2D eigenvalue weighted by Crippen LogP contribution is 2.35. The van der Waals surface area contributed by atoms with E-state index in [4.69, 9.17) is 0 Å². The van der Waals surface area contributed by atoms with Crippen molar-refractivity contribution in [3.63, 3.8) is 0 Å². The molecule has 0 bridgehead atoms. The van der Waals surface area contributed by atoms with Crippen LogP contribution in [0.15, 0.2) is 89.8 Å². The molecule has 0 spiro atoms. The van der Waals surface area contributed by atoms with Gasteiger partial charge in [0.2, 0.25) is 5.95 Å². The zero-order chi connectivity index (χ0) is 26.3. The summed E-state index contributed by atoms with van der Waals surface area (Å²) < 4.78 is 29.4. The molecule has 0 aliphatic heterocycles. The fourth-order valence-corrected chi connectivity index (χ4v) is 6.25. The molecule has 4 aromatic carbocycles. The van der Waals surface area contributed by atoms with E-state index in [1.54, 1.807) is 30.3 Å². The van der Waals surface area contributed by atoms with Gasteiger partial charge in [0, 0.05) is 28.8 Å². The smallest absolute Gasteiger partial charge is 0.262 e. The highest BCUT2D eigenvalue weighted by atomic mass is 32.2. The zero-order valence-electron chi connectivity index (χ0n) is 21.1. The SMILES string of the molecule is Cc1ccc(Nc2cc(C)nc(Nc3ccc(NS(=O)(=O)c4ccc5cccc6c5c4CC6)cc3)n2)cc1. The maximum atomic E-state index is 13.3. The minimum absolute atomic E-state index is 0.346. The number of aryl methyl sites for hydroxylation is 4. The van der Waals surface area contributed by atoms with E-state index in [2.05, 4.69) is 31.4 Å². The standard InChI is InChI=1S/C30H27N5O2S/c1-19-6-10-23(11-7-19)32-28-18-20(2)31-30(34-28)33-24-12-14-25(15-13-24)35-38(36,37)27-17-9-22-5-3-4-21-8-16-26(27)29(21)22/h3-7,9-15,17-18,35H,8,16H2,1-2H3,(H2,31,32,33,34). The fourth-order valence-electron chi connectivity index (χ4n) is 4.92.